The topological polar surface area (TPSA) is 21.3 Å². The Balaban J connectivity index is 2.52. The summed E-state index contributed by atoms with van der Waals surface area (Å²) in [6.45, 7) is 5.70. The van der Waals surface area contributed by atoms with Crippen LogP contribution in [0, 0.1) is 12.7 Å². The van der Waals surface area contributed by atoms with E-state index in [9.17, 15) is 4.39 Å². The molecular formula is C14H22FNO. The van der Waals surface area contributed by atoms with E-state index >= 15 is 0 Å². The van der Waals surface area contributed by atoms with Crippen LogP contribution in [0.5, 0.6) is 0 Å². The Bertz CT molecular complexity index is 335. The number of methoxy groups -OCH3 is 1. The van der Waals surface area contributed by atoms with Crippen LogP contribution < -0.4 is 5.32 Å². The zero-order chi connectivity index (χ0) is 12.7. The van der Waals surface area contributed by atoms with Crippen molar-refractivity contribution in [1.29, 1.82) is 0 Å². The fourth-order valence-electron chi connectivity index (χ4n) is 2.00. The van der Waals surface area contributed by atoms with Crippen molar-refractivity contribution in [2.45, 2.75) is 32.7 Å². The number of nitrogens with one attached hydrogen (secondary N) is 1. The second-order valence-electron chi connectivity index (χ2n) is 4.32. The summed E-state index contributed by atoms with van der Waals surface area (Å²) in [5, 5.41) is 3.39. The summed E-state index contributed by atoms with van der Waals surface area (Å²) >= 11 is 0. The van der Waals surface area contributed by atoms with Crippen molar-refractivity contribution in [1.82, 2.24) is 5.32 Å². The van der Waals surface area contributed by atoms with Gasteiger partial charge in [0.25, 0.3) is 0 Å². The van der Waals surface area contributed by atoms with Gasteiger partial charge in [0.05, 0.1) is 6.61 Å². The molecular weight excluding hydrogens is 217 g/mol. The Morgan fingerprint density at radius 3 is 2.76 bits per heavy atom. The fraction of sp³-hybridized carbons (Fsp3) is 0.571. The number of ether oxygens (including phenoxy) is 1. The van der Waals surface area contributed by atoms with Crippen LogP contribution in [0.4, 0.5) is 4.39 Å². The van der Waals surface area contributed by atoms with Gasteiger partial charge >= 0.3 is 0 Å². The molecule has 1 atom stereocenters. The van der Waals surface area contributed by atoms with Crippen LogP contribution in [0.1, 0.15) is 24.5 Å². The Morgan fingerprint density at radius 1 is 1.41 bits per heavy atom. The third-order valence-electron chi connectivity index (χ3n) is 2.93. The molecule has 0 fully saturated rings. The molecule has 0 amide bonds. The summed E-state index contributed by atoms with van der Waals surface area (Å²) in [7, 11) is 1.72. The highest BCUT2D eigenvalue weighted by Crippen LogP contribution is 2.13. The highest BCUT2D eigenvalue weighted by molar-refractivity contribution is 5.26. The molecule has 0 aliphatic carbocycles. The van der Waals surface area contributed by atoms with E-state index in [4.69, 9.17) is 4.74 Å². The Morgan fingerprint density at radius 2 is 2.18 bits per heavy atom. The molecule has 0 heterocycles. The van der Waals surface area contributed by atoms with Gasteiger partial charge < -0.3 is 10.1 Å². The molecule has 1 aromatic rings. The highest BCUT2D eigenvalue weighted by Gasteiger charge is 2.08. The first-order valence-corrected chi connectivity index (χ1v) is 6.14. The Kier molecular flexibility index (Phi) is 6.16. The van der Waals surface area contributed by atoms with E-state index in [1.54, 1.807) is 13.2 Å². The molecule has 1 rings (SSSR count). The van der Waals surface area contributed by atoms with Gasteiger partial charge in [-0.3, -0.25) is 0 Å². The summed E-state index contributed by atoms with van der Waals surface area (Å²) < 4.78 is 18.1. The minimum absolute atomic E-state index is 0.161. The van der Waals surface area contributed by atoms with Gasteiger partial charge in [0.1, 0.15) is 5.82 Å². The van der Waals surface area contributed by atoms with Crippen LogP contribution >= 0.6 is 0 Å². The molecule has 0 bridgehead atoms. The number of aryl methyl sites for hydroxylation is 2. The summed E-state index contributed by atoms with van der Waals surface area (Å²) in [4.78, 5) is 0. The predicted octanol–water partition coefficient (Wildman–Crippen LogP) is 2.69. The quantitative estimate of drug-likeness (QED) is 0.790. The fourth-order valence-corrected chi connectivity index (χ4v) is 2.00. The molecule has 0 aliphatic heterocycles. The van der Waals surface area contributed by atoms with Gasteiger partial charge in [-0.2, -0.15) is 0 Å². The van der Waals surface area contributed by atoms with Crippen LogP contribution in [0.25, 0.3) is 0 Å². The molecule has 96 valence electrons. The molecule has 1 N–H and O–H groups in total. The molecule has 2 nitrogen and oxygen atoms in total. The Labute approximate surface area is 103 Å². The van der Waals surface area contributed by atoms with E-state index < -0.39 is 0 Å². The van der Waals surface area contributed by atoms with Gasteiger partial charge in [0.2, 0.25) is 0 Å². The van der Waals surface area contributed by atoms with Crippen molar-refractivity contribution in [3.63, 3.8) is 0 Å². The van der Waals surface area contributed by atoms with Gasteiger partial charge in [0.15, 0.2) is 0 Å². The van der Waals surface area contributed by atoms with Gasteiger partial charge in [-0.15, -0.1) is 0 Å². The van der Waals surface area contributed by atoms with Crippen molar-refractivity contribution in [3.8, 4) is 0 Å². The molecule has 0 saturated carbocycles. The number of hydrogen-bond donors (Lipinski definition) is 1. The molecule has 0 spiro atoms. The molecule has 0 aromatic heterocycles. The predicted molar refractivity (Wildman–Crippen MR) is 68.8 cm³/mol. The lowest BCUT2D eigenvalue weighted by atomic mass is 10.0. The van der Waals surface area contributed by atoms with Crippen molar-refractivity contribution in [3.05, 3.63) is 35.1 Å². The van der Waals surface area contributed by atoms with Gasteiger partial charge in [0, 0.05) is 13.2 Å². The third-order valence-corrected chi connectivity index (χ3v) is 2.93. The summed E-state index contributed by atoms with van der Waals surface area (Å²) in [5.41, 5.74) is 2.24. The van der Waals surface area contributed by atoms with Crippen molar-refractivity contribution < 1.29 is 9.13 Å². The van der Waals surface area contributed by atoms with Crippen LogP contribution in [-0.4, -0.2) is 26.3 Å². The summed E-state index contributed by atoms with van der Waals surface area (Å²) in [6.07, 6.45) is 1.96. The van der Waals surface area contributed by atoms with Crippen LogP contribution in [0.2, 0.25) is 0 Å². The average Bonchev–Trinajstić information content (AvgIpc) is 2.28. The maximum atomic E-state index is 13.0. The highest BCUT2D eigenvalue weighted by atomic mass is 19.1. The first kappa shape index (κ1) is 14.1. The zero-order valence-electron chi connectivity index (χ0n) is 10.9. The standard InChI is InChI=1S/C14H22FNO/c1-4-16-14(10-17-3)8-6-12-5-7-13(15)9-11(12)2/h5,7,9,14,16H,4,6,8,10H2,1-3H3. The van der Waals surface area contributed by atoms with Crippen molar-refractivity contribution in [2.24, 2.45) is 0 Å². The molecule has 17 heavy (non-hydrogen) atoms. The first-order valence-electron chi connectivity index (χ1n) is 6.14. The first-order chi connectivity index (χ1) is 8.17. The molecule has 3 heteroatoms. The van der Waals surface area contributed by atoms with Gasteiger partial charge in [-0.25, -0.2) is 4.39 Å². The van der Waals surface area contributed by atoms with E-state index in [0.717, 1.165) is 24.9 Å². The molecule has 0 radical (unpaired) electrons. The lowest BCUT2D eigenvalue weighted by Crippen LogP contribution is -2.33. The number of halogens is 1. The van der Waals surface area contributed by atoms with Gasteiger partial charge in [-0.1, -0.05) is 13.0 Å². The summed E-state index contributed by atoms with van der Waals surface area (Å²) in [5.74, 6) is -0.161. The average molecular weight is 239 g/mol. The van der Waals surface area contributed by atoms with E-state index in [-0.39, 0.29) is 5.82 Å². The minimum atomic E-state index is -0.161. The van der Waals surface area contributed by atoms with Gasteiger partial charge in [-0.05, 0) is 49.6 Å². The number of rotatable bonds is 7. The molecule has 0 saturated heterocycles. The third kappa shape index (κ3) is 4.84. The van der Waals surface area contributed by atoms with Crippen LogP contribution in [0.15, 0.2) is 18.2 Å². The zero-order valence-corrected chi connectivity index (χ0v) is 10.9. The second-order valence-corrected chi connectivity index (χ2v) is 4.32. The SMILES string of the molecule is CCNC(CCc1ccc(F)cc1C)COC. The normalized spacial score (nSPS) is 12.7. The van der Waals surface area contributed by atoms with Crippen molar-refractivity contribution >= 4 is 0 Å². The minimum Gasteiger partial charge on any atom is -0.383 e. The lowest BCUT2D eigenvalue weighted by molar-refractivity contribution is 0.163. The van der Waals surface area contributed by atoms with E-state index in [2.05, 4.69) is 12.2 Å². The smallest absolute Gasteiger partial charge is 0.123 e. The van der Waals surface area contributed by atoms with Crippen molar-refractivity contribution in [2.75, 3.05) is 20.3 Å². The summed E-state index contributed by atoms with van der Waals surface area (Å²) in [6, 6.07) is 5.37. The molecule has 0 aliphatic rings. The number of likely N-dealkylation sites (N-methyl/N-ethyl adjacent to an activating group) is 1. The van der Waals surface area contributed by atoms with Crippen LogP contribution in [-0.2, 0) is 11.2 Å². The Hall–Kier alpha value is -0.930. The van der Waals surface area contributed by atoms with E-state index in [1.165, 1.54) is 11.6 Å². The number of benzene rings is 1. The largest absolute Gasteiger partial charge is 0.383 e. The molecule has 1 unspecified atom stereocenters. The van der Waals surface area contributed by atoms with E-state index in [0.29, 0.717) is 12.6 Å². The maximum absolute atomic E-state index is 13.0. The number of hydrogen-bond acceptors (Lipinski definition) is 2. The van der Waals surface area contributed by atoms with E-state index in [1.807, 2.05) is 13.0 Å². The second kappa shape index (κ2) is 7.41. The van der Waals surface area contributed by atoms with Crippen LogP contribution in [0.3, 0.4) is 0 Å². The maximum Gasteiger partial charge on any atom is 0.123 e. The lowest BCUT2D eigenvalue weighted by Gasteiger charge is -2.17. The molecule has 1 aromatic carbocycles. The monoisotopic (exact) mass is 239 g/mol.